The van der Waals surface area contributed by atoms with Crippen molar-refractivity contribution >= 4 is 12.2 Å². The average molecular weight is 263 g/mol. The monoisotopic (exact) mass is 263 g/mol. The topological polar surface area (TPSA) is 26.0 Å². The average Bonchev–Trinajstić information content (AvgIpc) is 2.52. The summed E-state index contributed by atoms with van der Waals surface area (Å²) < 4.78 is 0. The number of allylic oxidation sites excluding steroid dienone is 2. The molecule has 0 bridgehead atoms. The Labute approximate surface area is 121 Å². The van der Waals surface area contributed by atoms with Gasteiger partial charge < -0.3 is 5.73 Å². The van der Waals surface area contributed by atoms with E-state index in [1.54, 1.807) is 0 Å². The van der Waals surface area contributed by atoms with Gasteiger partial charge in [0.1, 0.15) is 0 Å². The summed E-state index contributed by atoms with van der Waals surface area (Å²) in [6.45, 7) is 0.697. The van der Waals surface area contributed by atoms with E-state index in [1.165, 1.54) is 11.1 Å². The lowest BCUT2D eigenvalue weighted by Gasteiger charge is -2.05. The Morgan fingerprint density at radius 3 is 1.60 bits per heavy atom. The molecule has 0 aliphatic heterocycles. The molecule has 2 aromatic rings. The standard InChI is InChI=1S/C19H21N/c20-16-15-19(13-11-17-7-3-1-4-8-17)14-12-18-9-5-2-6-10-18/h1-14,19H,15-16,20H2. The highest BCUT2D eigenvalue weighted by atomic mass is 14.5. The van der Waals surface area contributed by atoms with Crippen molar-refractivity contribution in [1.82, 2.24) is 0 Å². The number of hydrogen-bond donors (Lipinski definition) is 1. The fraction of sp³-hybridized carbons (Fsp3) is 0.158. The van der Waals surface area contributed by atoms with E-state index >= 15 is 0 Å². The molecule has 0 heterocycles. The van der Waals surface area contributed by atoms with Crippen LogP contribution in [0.1, 0.15) is 17.5 Å². The molecule has 0 fully saturated rings. The molecular weight excluding hydrogens is 242 g/mol. The summed E-state index contributed by atoms with van der Waals surface area (Å²) in [4.78, 5) is 0. The predicted octanol–water partition coefficient (Wildman–Crippen LogP) is 4.38. The van der Waals surface area contributed by atoms with Crippen molar-refractivity contribution in [1.29, 1.82) is 0 Å². The molecule has 2 N–H and O–H groups in total. The molecule has 0 unspecified atom stereocenters. The molecule has 0 aliphatic rings. The Hall–Kier alpha value is -2.12. The van der Waals surface area contributed by atoms with Crippen LogP contribution in [0.25, 0.3) is 12.2 Å². The first-order valence-electron chi connectivity index (χ1n) is 7.05. The maximum atomic E-state index is 5.70. The molecule has 2 rings (SSSR count). The molecule has 0 radical (unpaired) electrons. The number of hydrogen-bond acceptors (Lipinski definition) is 1. The molecule has 20 heavy (non-hydrogen) atoms. The van der Waals surface area contributed by atoms with Crippen LogP contribution in [0.15, 0.2) is 72.8 Å². The second kappa shape index (κ2) is 8.13. The fourth-order valence-corrected chi connectivity index (χ4v) is 2.05. The van der Waals surface area contributed by atoms with Crippen LogP contribution in [0, 0.1) is 5.92 Å². The van der Waals surface area contributed by atoms with Crippen molar-refractivity contribution in [2.75, 3.05) is 6.54 Å². The molecule has 0 aliphatic carbocycles. The maximum absolute atomic E-state index is 5.70. The van der Waals surface area contributed by atoms with Crippen LogP contribution in [-0.4, -0.2) is 6.54 Å². The third-order valence-corrected chi connectivity index (χ3v) is 3.17. The highest BCUT2D eigenvalue weighted by Crippen LogP contribution is 2.12. The Balaban J connectivity index is 2.04. The second-order valence-electron chi connectivity index (χ2n) is 4.78. The van der Waals surface area contributed by atoms with Gasteiger partial charge in [0.25, 0.3) is 0 Å². The largest absolute Gasteiger partial charge is 0.330 e. The third kappa shape index (κ3) is 4.87. The van der Waals surface area contributed by atoms with E-state index in [-0.39, 0.29) is 0 Å². The number of nitrogens with two attached hydrogens (primary N) is 1. The molecule has 0 spiro atoms. The van der Waals surface area contributed by atoms with E-state index in [9.17, 15) is 0 Å². The van der Waals surface area contributed by atoms with Gasteiger partial charge in [0, 0.05) is 0 Å². The Kier molecular flexibility index (Phi) is 5.81. The van der Waals surface area contributed by atoms with Gasteiger partial charge in [0.05, 0.1) is 0 Å². The molecule has 1 heteroatoms. The third-order valence-electron chi connectivity index (χ3n) is 3.17. The maximum Gasteiger partial charge on any atom is -0.00348 e. The quantitative estimate of drug-likeness (QED) is 0.822. The Morgan fingerprint density at radius 2 is 1.20 bits per heavy atom. The van der Waals surface area contributed by atoms with Crippen LogP contribution in [0.3, 0.4) is 0 Å². The number of rotatable bonds is 6. The Bertz CT molecular complexity index is 491. The highest BCUT2D eigenvalue weighted by molar-refractivity contribution is 5.52. The van der Waals surface area contributed by atoms with Gasteiger partial charge in [-0.25, -0.2) is 0 Å². The van der Waals surface area contributed by atoms with Crippen LogP contribution >= 0.6 is 0 Å². The summed E-state index contributed by atoms with van der Waals surface area (Å²) in [5, 5.41) is 0. The summed E-state index contributed by atoms with van der Waals surface area (Å²) in [6.07, 6.45) is 9.74. The zero-order valence-electron chi connectivity index (χ0n) is 11.7. The van der Waals surface area contributed by atoms with Crippen molar-refractivity contribution in [3.05, 3.63) is 83.9 Å². The predicted molar refractivity (Wildman–Crippen MR) is 88.1 cm³/mol. The smallest absolute Gasteiger partial charge is 0.00348 e. The second-order valence-corrected chi connectivity index (χ2v) is 4.78. The van der Waals surface area contributed by atoms with Crippen LogP contribution in [0.4, 0.5) is 0 Å². The normalized spacial score (nSPS) is 13.1. The lowest BCUT2D eigenvalue weighted by atomic mass is 10.0. The lowest BCUT2D eigenvalue weighted by molar-refractivity contribution is 0.725. The van der Waals surface area contributed by atoms with Crippen LogP contribution in [0.2, 0.25) is 0 Å². The van der Waals surface area contributed by atoms with Crippen LogP contribution < -0.4 is 5.73 Å². The number of benzene rings is 2. The minimum Gasteiger partial charge on any atom is -0.330 e. The van der Waals surface area contributed by atoms with Gasteiger partial charge in [-0.15, -0.1) is 0 Å². The molecule has 1 nitrogen and oxygen atoms in total. The van der Waals surface area contributed by atoms with Gasteiger partial charge in [-0.05, 0) is 30.0 Å². The molecule has 0 saturated carbocycles. The van der Waals surface area contributed by atoms with Gasteiger partial charge in [0.15, 0.2) is 0 Å². The van der Waals surface area contributed by atoms with Crippen molar-refractivity contribution in [2.45, 2.75) is 6.42 Å². The molecule has 2 aromatic carbocycles. The summed E-state index contributed by atoms with van der Waals surface area (Å²) in [6, 6.07) is 20.7. The summed E-state index contributed by atoms with van der Waals surface area (Å²) in [7, 11) is 0. The van der Waals surface area contributed by atoms with Gasteiger partial charge in [0.2, 0.25) is 0 Å². The van der Waals surface area contributed by atoms with E-state index in [2.05, 4.69) is 72.8 Å². The van der Waals surface area contributed by atoms with Gasteiger partial charge in [-0.1, -0.05) is 85.0 Å². The molecule has 0 saturated heterocycles. The zero-order chi connectivity index (χ0) is 14.0. The van der Waals surface area contributed by atoms with Gasteiger partial charge in [-0.2, -0.15) is 0 Å². The molecular formula is C19H21N. The Morgan fingerprint density at radius 1 is 0.750 bits per heavy atom. The van der Waals surface area contributed by atoms with Crippen molar-refractivity contribution < 1.29 is 0 Å². The first-order valence-corrected chi connectivity index (χ1v) is 7.05. The fourth-order valence-electron chi connectivity index (χ4n) is 2.05. The minimum absolute atomic E-state index is 0.375. The van der Waals surface area contributed by atoms with Crippen LogP contribution in [-0.2, 0) is 0 Å². The van der Waals surface area contributed by atoms with E-state index in [1.807, 2.05) is 12.1 Å². The van der Waals surface area contributed by atoms with Gasteiger partial charge >= 0.3 is 0 Å². The molecule has 0 amide bonds. The molecule has 102 valence electrons. The minimum atomic E-state index is 0.375. The molecule has 0 atom stereocenters. The molecule has 0 aromatic heterocycles. The van der Waals surface area contributed by atoms with Crippen molar-refractivity contribution in [2.24, 2.45) is 11.7 Å². The first kappa shape index (κ1) is 14.3. The highest BCUT2D eigenvalue weighted by Gasteiger charge is 1.98. The van der Waals surface area contributed by atoms with E-state index < -0.39 is 0 Å². The van der Waals surface area contributed by atoms with Crippen LogP contribution in [0.5, 0.6) is 0 Å². The van der Waals surface area contributed by atoms with Crippen molar-refractivity contribution in [3.8, 4) is 0 Å². The van der Waals surface area contributed by atoms with E-state index in [0.717, 1.165) is 6.42 Å². The first-order chi connectivity index (χ1) is 9.88. The van der Waals surface area contributed by atoms with Gasteiger partial charge in [-0.3, -0.25) is 0 Å². The summed E-state index contributed by atoms with van der Waals surface area (Å²) in [5.74, 6) is 0.375. The SMILES string of the molecule is NCCC(C=Cc1ccccc1)C=Cc1ccccc1. The van der Waals surface area contributed by atoms with E-state index in [4.69, 9.17) is 5.73 Å². The summed E-state index contributed by atoms with van der Waals surface area (Å²) >= 11 is 0. The lowest BCUT2D eigenvalue weighted by Crippen LogP contribution is -2.04. The zero-order valence-corrected chi connectivity index (χ0v) is 11.7. The van der Waals surface area contributed by atoms with Crippen molar-refractivity contribution in [3.63, 3.8) is 0 Å². The summed E-state index contributed by atoms with van der Waals surface area (Å²) in [5.41, 5.74) is 8.15. The van der Waals surface area contributed by atoms with E-state index in [0.29, 0.717) is 12.5 Å².